The Kier molecular flexibility index (Phi) is 5.42. The van der Waals surface area contributed by atoms with Crippen LogP contribution < -0.4 is 5.32 Å². The summed E-state index contributed by atoms with van der Waals surface area (Å²) >= 11 is 5.65. The monoisotopic (exact) mass is 302 g/mol. The van der Waals surface area contributed by atoms with Crippen LogP contribution in [0.3, 0.4) is 0 Å². The largest absolute Gasteiger partial charge is 0.480 e. The number of amides is 1. The van der Waals surface area contributed by atoms with Crippen molar-refractivity contribution in [3.8, 4) is 0 Å². The van der Waals surface area contributed by atoms with Gasteiger partial charge in [0.05, 0.1) is 4.92 Å². The SMILES string of the molecule is O=C(N[C@H](CCO)C(=O)O)c1cccc(Cl)c1[N+](=O)[O-]. The highest BCUT2D eigenvalue weighted by Gasteiger charge is 2.27. The van der Waals surface area contributed by atoms with Gasteiger partial charge in [-0.15, -0.1) is 0 Å². The van der Waals surface area contributed by atoms with E-state index < -0.39 is 35.1 Å². The molecule has 1 rings (SSSR count). The molecule has 0 bridgehead atoms. The van der Waals surface area contributed by atoms with E-state index in [1.807, 2.05) is 0 Å². The number of nitrogens with one attached hydrogen (secondary N) is 1. The fraction of sp³-hybridized carbons (Fsp3) is 0.273. The van der Waals surface area contributed by atoms with Crippen LogP contribution in [0.15, 0.2) is 18.2 Å². The number of aliphatic hydroxyl groups is 1. The van der Waals surface area contributed by atoms with Gasteiger partial charge in [-0.25, -0.2) is 4.79 Å². The van der Waals surface area contributed by atoms with Gasteiger partial charge in [0, 0.05) is 13.0 Å². The van der Waals surface area contributed by atoms with Crippen LogP contribution in [0.2, 0.25) is 5.02 Å². The number of nitrogens with zero attached hydrogens (tertiary/aromatic N) is 1. The first kappa shape index (κ1) is 15.9. The summed E-state index contributed by atoms with van der Waals surface area (Å²) in [5, 5.41) is 30.3. The Labute approximate surface area is 118 Å². The third kappa shape index (κ3) is 3.65. The lowest BCUT2D eigenvalue weighted by molar-refractivity contribution is -0.385. The van der Waals surface area contributed by atoms with Crippen LogP contribution >= 0.6 is 11.6 Å². The highest BCUT2D eigenvalue weighted by molar-refractivity contribution is 6.33. The van der Waals surface area contributed by atoms with Gasteiger partial charge in [0.25, 0.3) is 5.91 Å². The van der Waals surface area contributed by atoms with E-state index in [1.165, 1.54) is 12.1 Å². The lowest BCUT2D eigenvalue weighted by Gasteiger charge is -2.13. The van der Waals surface area contributed by atoms with Gasteiger partial charge in [-0.05, 0) is 12.1 Å². The Hall–Kier alpha value is -2.19. The van der Waals surface area contributed by atoms with Crippen molar-refractivity contribution in [1.29, 1.82) is 0 Å². The lowest BCUT2D eigenvalue weighted by atomic mass is 10.1. The number of nitro benzene ring substituents is 1. The number of hydrogen-bond donors (Lipinski definition) is 3. The van der Waals surface area contributed by atoms with Gasteiger partial charge < -0.3 is 15.5 Å². The summed E-state index contributed by atoms with van der Waals surface area (Å²) in [7, 11) is 0. The molecule has 1 aromatic rings. The van der Waals surface area contributed by atoms with E-state index in [9.17, 15) is 19.7 Å². The number of benzene rings is 1. The average Bonchev–Trinajstić information content (AvgIpc) is 2.37. The van der Waals surface area contributed by atoms with Crippen LogP contribution in [0.1, 0.15) is 16.8 Å². The second-order valence-corrected chi connectivity index (χ2v) is 4.18. The number of carboxylic acids is 1. The number of carboxylic acid groups (broad SMARTS) is 1. The van der Waals surface area contributed by atoms with Crippen LogP contribution in [0, 0.1) is 10.1 Å². The van der Waals surface area contributed by atoms with Crippen molar-refractivity contribution in [1.82, 2.24) is 5.32 Å². The van der Waals surface area contributed by atoms with E-state index in [-0.39, 0.29) is 17.0 Å². The van der Waals surface area contributed by atoms with Gasteiger partial charge in [-0.2, -0.15) is 0 Å². The van der Waals surface area contributed by atoms with Gasteiger partial charge in [0.15, 0.2) is 0 Å². The molecule has 0 aliphatic carbocycles. The fourth-order valence-corrected chi connectivity index (χ4v) is 1.75. The normalized spacial score (nSPS) is 11.7. The third-order valence-electron chi connectivity index (χ3n) is 2.44. The number of aliphatic carboxylic acids is 1. The first-order valence-electron chi connectivity index (χ1n) is 5.46. The molecule has 0 radical (unpaired) electrons. The Bertz CT molecular complexity index is 548. The average molecular weight is 303 g/mol. The first-order chi connectivity index (χ1) is 9.38. The summed E-state index contributed by atoms with van der Waals surface area (Å²) in [5.41, 5.74) is -0.938. The minimum atomic E-state index is -1.35. The maximum atomic E-state index is 11.9. The van der Waals surface area contributed by atoms with Crippen molar-refractivity contribution >= 4 is 29.2 Å². The Balaban J connectivity index is 3.06. The fourth-order valence-electron chi connectivity index (χ4n) is 1.51. The van der Waals surface area contributed by atoms with Crippen molar-refractivity contribution in [3.05, 3.63) is 38.9 Å². The summed E-state index contributed by atoms with van der Waals surface area (Å²) < 4.78 is 0. The molecule has 0 aliphatic heterocycles. The first-order valence-corrected chi connectivity index (χ1v) is 5.83. The zero-order valence-corrected chi connectivity index (χ0v) is 10.8. The minimum absolute atomic E-state index is 0.213. The number of aliphatic hydroxyl groups excluding tert-OH is 1. The van der Waals surface area contributed by atoms with Crippen molar-refractivity contribution in [2.24, 2.45) is 0 Å². The number of rotatable bonds is 6. The van der Waals surface area contributed by atoms with Crippen LogP contribution in [-0.4, -0.2) is 39.7 Å². The molecule has 0 unspecified atom stereocenters. The second kappa shape index (κ2) is 6.83. The standard InChI is InChI=1S/C11H11ClN2O6/c12-7-3-1-2-6(9(7)14(19)20)10(16)13-8(4-5-15)11(17)18/h1-3,8,15H,4-5H2,(H,13,16)(H,17,18)/t8-/m1/s1. The zero-order valence-electron chi connectivity index (χ0n) is 10.1. The molecule has 0 fully saturated rings. The molecule has 8 nitrogen and oxygen atoms in total. The molecule has 0 spiro atoms. The predicted octanol–water partition coefficient (Wildman–Crippen LogP) is 0.814. The molecule has 1 aromatic carbocycles. The summed E-state index contributed by atoms with van der Waals surface area (Å²) in [6.07, 6.45) is -0.213. The molecular weight excluding hydrogens is 292 g/mol. The Morgan fingerprint density at radius 2 is 2.10 bits per heavy atom. The summed E-state index contributed by atoms with van der Waals surface area (Å²) in [6, 6.07) is 2.41. The predicted molar refractivity (Wildman–Crippen MR) is 68.7 cm³/mol. The summed E-state index contributed by atoms with van der Waals surface area (Å²) in [6.45, 7) is -0.450. The van der Waals surface area contributed by atoms with E-state index in [0.29, 0.717) is 0 Å². The van der Waals surface area contributed by atoms with Crippen molar-refractivity contribution in [3.63, 3.8) is 0 Å². The number of hydrogen-bond acceptors (Lipinski definition) is 5. The van der Waals surface area contributed by atoms with Crippen LogP contribution in [-0.2, 0) is 4.79 Å². The topological polar surface area (TPSA) is 130 Å². The molecule has 1 amide bonds. The number of carbonyl (C=O) groups is 2. The highest BCUT2D eigenvalue weighted by Crippen LogP contribution is 2.28. The molecule has 0 saturated carbocycles. The summed E-state index contributed by atoms with van der Waals surface area (Å²) in [5.74, 6) is -2.29. The number of para-hydroxylation sites is 1. The highest BCUT2D eigenvalue weighted by atomic mass is 35.5. The molecule has 0 heterocycles. The molecule has 108 valence electrons. The Morgan fingerprint density at radius 1 is 1.45 bits per heavy atom. The molecular formula is C11H11ClN2O6. The van der Waals surface area contributed by atoms with Crippen LogP contribution in [0.25, 0.3) is 0 Å². The van der Waals surface area contributed by atoms with Crippen molar-refractivity contribution in [2.45, 2.75) is 12.5 Å². The van der Waals surface area contributed by atoms with Gasteiger partial charge in [0.2, 0.25) is 0 Å². The maximum Gasteiger partial charge on any atom is 0.326 e. The van der Waals surface area contributed by atoms with Gasteiger partial charge in [-0.1, -0.05) is 17.7 Å². The Morgan fingerprint density at radius 3 is 2.60 bits per heavy atom. The molecule has 20 heavy (non-hydrogen) atoms. The lowest BCUT2D eigenvalue weighted by Crippen LogP contribution is -2.41. The third-order valence-corrected chi connectivity index (χ3v) is 2.74. The number of halogens is 1. The quantitative estimate of drug-likeness (QED) is 0.526. The second-order valence-electron chi connectivity index (χ2n) is 3.77. The number of nitro groups is 1. The maximum absolute atomic E-state index is 11.9. The molecule has 0 aliphatic rings. The number of carbonyl (C=O) groups excluding carboxylic acids is 1. The van der Waals surface area contributed by atoms with Gasteiger partial charge in [0.1, 0.15) is 16.6 Å². The molecule has 9 heteroatoms. The zero-order chi connectivity index (χ0) is 15.3. The van der Waals surface area contributed by atoms with E-state index in [0.717, 1.165) is 6.07 Å². The van der Waals surface area contributed by atoms with Crippen molar-refractivity contribution < 1.29 is 24.7 Å². The van der Waals surface area contributed by atoms with Crippen LogP contribution in [0.5, 0.6) is 0 Å². The molecule has 1 atom stereocenters. The molecule has 0 aromatic heterocycles. The van der Waals surface area contributed by atoms with Crippen LogP contribution in [0.4, 0.5) is 5.69 Å². The van der Waals surface area contributed by atoms with E-state index in [1.54, 1.807) is 0 Å². The van der Waals surface area contributed by atoms with E-state index in [4.69, 9.17) is 21.8 Å². The molecule has 3 N–H and O–H groups in total. The smallest absolute Gasteiger partial charge is 0.326 e. The van der Waals surface area contributed by atoms with E-state index >= 15 is 0 Å². The van der Waals surface area contributed by atoms with Gasteiger partial charge >= 0.3 is 11.7 Å². The summed E-state index contributed by atoms with van der Waals surface area (Å²) in [4.78, 5) is 32.8. The van der Waals surface area contributed by atoms with E-state index in [2.05, 4.69) is 5.32 Å². The molecule has 0 saturated heterocycles. The minimum Gasteiger partial charge on any atom is -0.480 e. The van der Waals surface area contributed by atoms with Crippen molar-refractivity contribution in [2.75, 3.05) is 6.61 Å². The van der Waals surface area contributed by atoms with Gasteiger partial charge in [-0.3, -0.25) is 14.9 Å².